The van der Waals surface area contributed by atoms with Gasteiger partial charge in [-0.3, -0.25) is 14.4 Å². The first-order valence-corrected chi connectivity index (χ1v) is 31.5. The largest absolute Gasteiger partial charge is 0.486 e. The Kier molecular flexibility index (Phi) is 20.7. The van der Waals surface area contributed by atoms with Crippen LogP contribution in [0.3, 0.4) is 0 Å². The number of aromatic nitrogens is 3. The van der Waals surface area contributed by atoms with E-state index in [0.29, 0.717) is 123 Å². The molecule has 3 amide bonds. The molecule has 0 saturated carbocycles. The number of ether oxygens (including phenoxy) is 6. The number of fused-ring (bicyclic) bond motifs is 6. The van der Waals surface area contributed by atoms with Crippen LogP contribution in [0.15, 0.2) is 136 Å². The van der Waals surface area contributed by atoms with Gasteiger partial charge in [0, 0.05) is 40.0 Å². The number of amides is 3. The summed E-state index contributed by atoms with van der Waals surface area (Å²) in [5.41, 5.74) is 4.18. The lowest BCUT2D eigenvalue weighted by molar-refractivity contribution is -0.137. The van der Waals surface area contributed by atoms with Crippen molar-refractivity contribution in [3.63, 3.8) is 0 Å². The molecule has 3 aliphatic rings. The maximum atomic E-state index is 13.1. The van der Waals surface area contributed by atoms with Crippen LogP contribution in [-0.2, 0) is 39.6 Å². The molecular weight excluding hydrogens is 1260 g/mol. The Bertz CT molecular complexity index is 4390. The second-order valence-corrected chi connectivity index (χ2v) is 23.2. The number of nitriles is 2. The predicted molar refractivity (Wildman–Crippen MR) is 339 cm³/mol. The van der Waals surface area contributed by atoms with Gasteiger partial charge in [0.1, 0.15) is 66.9 Å². The monoisotopic (exact) mass is 1310 g/mol. The number of benzene rings is 6. The Morgan fingerprint density at radius 2 is 0.826 bits per heavy atom. The summed E-state index contributed by atoms with van der Waals surface area (Å²) in [5.74, 6) is 2.26. The highest BCUT2D eigenvalue weighted by Gasteiger charge is 2.35. The number of thioether (sulfide) groups is 3. The van der Waals surface area contributed by atoms with Crippen molar-refractivity contribution in [2.24, 2.45) is 0 Å². The second-order valence-electron chi connectivity index (χ2n) is 20.3. The number of rotatable bonds is 14. The number of hydrogen-bond donors (Lipinski definition) is 3. The predicted octanol–water partition coefficient (Wildman–Crippen LogP) is 14.4. The minimum atomic E-state index is -4.59. The van der Waals surface area contributed by atoms with Gasteiger partial charge in [-0.1, -0.05) is 91.6 Å². The summed E-state index contributed by atoms with van der Waals surface area (Å²) >= 11 is 3.41. The van der Waals surface area contributed by atoms with Gasteiger partial charge in [-0.05, 0) is 97.1 Å². The van der Waals surface area contributed by atoms with E-state index in [0.717, 1.165) is 63.5 Å². The van der Waals surface area contributed by atoms with Gasteiger partial charge in [0.2, 0.25) is 17.7 Å². The molecule has 0 unspecified atom stereocenters. The molecule has 12 rings (SSSR count). The molecule has 92 heavy (non-hydrogen) atoms. The van der Waals surface area contributed by atoms with E-state index in [1.165, 1.54) is 59.9 Å². The third-order valence-electron chi connectivity index (χ3n) is 14.1. The number of anilines is 3. The normalized spacial score (nSPS) is 12.9. The SMILES string of the molecule is CCc1cc2cc3c(cc2nc1SCC(=O)Nc1ccccc1C(F)(F)F)OCCO3.CCc1cccc(C)c1NC(=O)CSc1nc2cc3c(cc2cc1C#N)OCCO3.N#Cc1cc2cc3c(cc2nc1SCC(=O)Nc1ccccc1C(F)(F)F)OCCO3. The summed E-state index contributed by atoms with van der Waals surface area (Å²) in [6.45, 7) is 8.81. The van der Waals surface area contributed by atoms with E-state index in [9.17, 15) is 51.2 Å². The van der Waals surface area contributed by atoms with E-state index in [4.69, 9.17) is 28.4 Å². The average Bonchev–Trinajstić information content (AvgIpc) is 0.927. The number of alkyl halides is 6. The summed E-state index contributed by atoms with van der Waals surface area (Å²) in [6, 6.07) is 36.0. The Hall–Kier alpha value is -9.63. The molecule has 0 saturated heterocycles. The molecule has 472 valence electrons. The third kappa shape index (κ3) is 15.9. The van der Waals surface area contributed by atoms with E-state index in [-0.39, 0.29) is 40.1 Å². The van der Waals surface area contributed by atoms with Gasteiger partial charge in [0.15, 0.2) is 34.5 Å². The molecule has 26 heteroatoms. The zero-order chi connectivity index (χ0) is 65.1. The number of halogens is 6. The second kappa shape index (κ2) is 29.1. The van der Waals surface area contributed by atoms with Gasteiger partial charge >= 0.3 is 12.4 Å². The molecule has 0 atom stereocenters. The summed E-state index contributed by atoms with van der Waals surface area (Å²) < 4.78 is 112. The molecule has 0 fully saturated rings. The molecule has 17 nitrogen and oxygen atoms in total. The molecule has 0 spiro atoms. The molecular formula is C66H54F6N8O9S3. The lowest BCUT2D eigenvalue weighted by Gasteiger charge is -2.19. The Labute approximate surface area is 535 Å². The highest BCUT2D eigenvalue weighted by atomic mass is 32.2. The van der Waals surface area contributed by atoms with Gasteiger partial charge in [-0.15, -0.1) is 0 Å². The minimum Gasteiger partial charge on any atom is -0.486 e. The van der Waals surface area contributed by atoms with Crippen LogP contribution in [0.25, 0.3) is 32.7 Å². The van der Waals surface area contributed by atoms with Crippen LogP contribution in [0, 0.1) is 29.6 Å². The lowest BCUT2D eigenvalue weighted by Crippen LogP contribution is -2.18. The quantitative estimate of drug-likeness (QED) is 0.0679. The van der Waals surface area contributed by atoms with Crippen molar-refractivity contribution in [1.82, 2.24) is 15.0 Å². The fourth-order valence-corrected chi connectivity index (χ4v) is 12.1. The molecule has 3 aromatic heterocycles. The number of carbonyl (C=O) groups is 3. The van der Waals surface area contributed by atoms with Crippen LogP contribution in [0.4, 0.5) is 43.4 Å². The molecule has 3 aliphatic heterocycles. The van der Waals surface area contributed by atoms with E-state index in [2.05, 4.69) is 43.9 Å². The topological polar surface area (TPSA) is 229 Å². The van der Waals surface area contributed by atoms with Gasteiger partial charge in [-0.25, -0.2) is 15.0 Å². The van der Waals surface area contributed by atoms with Crippen molar-refractivity contribution in [2.75, 3.05) is 72.9 Å². The third-order valence-corrected chi connectivity index (χ3v) is 17.1. The minimum absolute atomic E-state index is 0.0672. The van der Waals surface area contributed by atoms with Crippen LogP contribution >= 0.6 is 35.3 Å². The number of aryl methyl sites for hydroxylation is 3. The number of nitrogens with one attached hydrogen (secondary N) is 3. The van der Waals surface area contributed by atoms with Crippen molar-refractivity contribution in [3.05, 3.63) is 160 Å². The number of para-hydroxylation sites is 3. The molecule has 3 N–H and O–H groups in total. The van der Waals surface area contributed by atoms with Crippen LogP contribution in [-0.4, -0.2) is 89.6 Å². The van der Waals surface area contributed by atoms with Gasteiger partial charge in [0.25, 0.3) is 0 Å². The molecule has 6 heterocycles. The highest BCUT2D eigenvalue weighted by molar-refractivity contribution is 8.00. The lowest BCUT2D eigenvalue weighted by atomic mass is 10.1. The first kappa shape index (κ1) is 65.3. The van der Waals surface area contributed by atoms with Crippen LogP contribution in [0.1, 0.15) is 52.8 Å². The summed E-state index contributed by atoms with van der Waals surface area (Å²) in [5, 5.41) is 30.5. The molecule has 0 bridgehead atoms. The smallest absolute Gasteiger partial charge is 0.418 e. The zero-order valence-corrected chi connectivity index (χ0v) is 51.7. The standard InChI is InChI=1S/C23H21N3O3S.C22H19F3N2O3S.C21H14F3N3O3S/c1-3-15-6-4-5-14(2)22(15)26-21(27)13-30-23-17(12-24)9-16-10-19-20(11-18(16)25-23)29-8-7-28-19;1-2-13-9-14-10-18-19(30-8-7-29-18)11-17(14)27-21(13)31-12-20(28)26-16-6-4-3-5-15(16)22(23,24)25;22-21(23,24)14-3-1-2-4-15(14)26-19(28)11-31-20-13(10-25)7-12-8-17-18(9-16(12)27-20)30-6-5-29-17/h4-6,9-11H,3,7-8,13H2,1-2H3,(H,26,27);3-6,9-11H,2,7-8,12H2,1H3,(H,26,28);1-4,7-9H,5-6,11H2,(H,26,28). The van der Waals surface area contributed by atoms with Crippen molar-refractivity contribution in [2.45, 2.75) is 61.0 Å². The maximum absolute atomic E-state index is 13.1. The van der Waals surface area contributed by atoms with E-state index in [1.54, 1.807) is 30.3 Å². The average molecular weight is 1310 g/mol. The van der Waals surface area contributed by atoms with Gasteiger partial charge in [0.05, 0.1) is 67.4 Å². The number of carbonyl (C=O) groups excluding carboxylic acids is 3. The maximum Gasteiger partial charge on any atom is 0.418 e. The van der Waals surface area contributed by atoms with Crippen molar-refractivity contribution < 1.29 is 69.1 Å². The molecule has 0 aliphatic carbocycles. The molecule has 9 aromatic rings. The van der Waals surface area contributed by atoms with Crippen molar-refractivity contribution in [1.29, 1.82) is 10.5 Å². The molecule has 6 aromatic carbocycles. The van der Waals surface area contributed by atoms with E-state index in [1.807, 2.05) is 62.4 Å². The van der Waals surface area contributed by atoms with Crippen LogP contribution in [0.5, 0.6) is 34.5 Å². The molecule has 0 radical (unpaired) electrons. The fraction of sp³-hybridized carbons (Fsp3) is 0.242. The Morgan fingerprint density at radius 1 is 0.467 bits per heavy atom. The first-order valence-electron chi connectivity index (χ1n) is 28.5. The van der Waals surface area contributed by atoms with E-state index >= 15 is 0 Å². The highest BCUT2D eigenvalue weighted by Crippen LogP contribution is 2.41. The number of hydrogen-bond acceptors (Lipinski definition) is 17. The van der Waals surface area contributed by atoms with Crippen molar-refractivity contribution >= 4 is 103 Å². The van der Waals surface area contributed by atoms with E-state index < -0.39 is 35.3 Å². The summed E-state index contributed by atoms with van der Waals surface area (Å²) in [7, 11) is 0. The van der Waals surface area contributed by atoms with Crippen LogP contribution in [0.2, 0.25) is 0 Å². The summed E-state index contributed by atoms with van der Waals surface area (Å²) in [6.07, 6.45) is -7.60. The number of nitrogens with zero attached hydrogens (tertiary/aromatic N) is 5. The van der Waals surface area contributed by atoms with Crippen molar-refractivity contribution in [3.8, 4) is 46.6 Å². The van der Waals surface area contributed by atoms with Gasteiger partial charge in [-0.2, -0.15) is 36.9 Å². The van der Waals surface area contributed by atoms with Crippen LogP contribution < -0.4 is 44.4 Å². The zero-order valence-electron chi connectivity index (χ0n) is 49.2. The van der Waals surface area contributed by atoms with Gasteiger partial charge < -0.3 is 44.4 Å². The first-order chi connectivity index (χ1) is 44.3. The summed E-state index contributed by atoms with van der Waals surface area (Å²) in [4.78, 5) is 50.9. The number of pyridine rings is 3. The Morgan fingerprint density at radius 3 is 1.22 bits per heavy atom. The Balaban J connectivity index is 0.000000151. The fourth-order valence-electron chi connectivity index (χ4n) is 9.71.